The molecular formula is C45H42F3N5O9S. The van der Waals surface area contributed by atoms with E-state index in [-0.39, 0.29) is 16.7 Å². The number of imidazole rings is 1. The summed E-state index contributed by atoms with van der Waals surface area (Å²) in [6.07, 6.45) is 2.43. The van der Waals surface area contributed by atoms with Gasteiger partial charge in [-0.1, -0.05) is 91.0 Å². The van der Waals surface area contributed by atoms with Crippen molar-refractivity contribution in [3.63, 3.8) is 0 Å². The number of methoxy groups -OCH3 is 1. The number of anilines is 1. The fourth-order valence-corrected chi connectivity index (χ4v) is 9.55. The Kier molecular flexibility index (Phi) is 10.8. The van der Waals surface area contributed by atoms with E-state index in [1.54, 1.807) is 32.2 Å². The van der Waals surface area contributed by atoms with Gasteiger partial charge in [0.15, 0.2) is 34.6 Å². The third-order valence-electron chi connectivity index (χ3n) is 12.0. The molecule has 2 aromatic heterocycles. The van der Waals surface area contributed by atoms with Gasteiger partial charge >= 0.3 is 21.6 Å². The number of alkyl halides is 3. The van der Waals surface area contributed by atoms with E-state index >= 15 is 0 Å². The second-order valence-corrected chi connectivity index (χ2v) is 17.5. The van der Waals surface area contributed by atoms with Crippen LogP contribution in [0.1, 0.15) is 65.9 Å². The molecule has 18 heteroatoms. The minimum atomic E-state index is -6.16. The summed E-state index contributed by atoms with van der Waals surface area (Å²) in [4.78, 5) is 27.5. The lowest BCUT2D eigenvalue weighted by atomic mass is 9.77. The topological polar surface area (TPSA) is 162 Å². The maximum atomic E-state index is 13.8. The molecule has 0 bridgehead atoms. The molecule has 9 rings (SSSR count). The number of esters is 1. The molecule has 3 fully saturated rings. The molecule has 63 heavy (non-hydrogen) atoms. The van der Waals surface area contributed by atoms with Gasteiger partial charge in [-0.05, 0) is 60.7 Å². The smallest absolute Gasteiger partial charge is 0.497 e. The van der Waals surface area contributed by atoms with Gasteiger partial charge in [0.25, 0.3) is 0 Å². The molecule has 0 radical (unpaired) electrons. The van der Waals surface area contributed by atoms with Gasteiger partial charge in [0.1, 0.15) is 42.5 Å². The largest absolute Gasteiger partial charge is 0.523 e. The highest BCUT2D eigenvalue weighted by Crippen LogP contribution is 2.59. The first-order valence-corrected chi connectivity index (χ1v) is 21.6. The summed E-state index contributed by atoms with van der Waals surface area (Å²) in [6.45, 7) is -0.378. The highest BCUT2D eigenvalue weighted by molar-refractivity contribution is 7.87. The van der Waals surface area contributed by atoms with Crippen molar-refractivity contribution in [1.29, 1.82) is 0 Å². The molecule has 4 aromatic carbocycles. The number of rotatable bonds is 13. The van der Waals surface area contributed by atoms with Crippen LogP contribution in [-0.4, -0.2) is 82.8 Å². The maximum Gasteiger partial charge on any atom is 0.523 e. The number of aromatic nitrogens is 4. The zero-order chi connectivity index (χ0) is 44.1. The van der Waals surface area contributed by atoms with E-state index in [1.807, 2.05) is 84.9 Å². The lowest BCUT2D eigenvalue weighted by Crippen LogP contribution is -2.54. The van der Waals surface area contributed by atoms with Crippen molar-refractivity contribution in [2.45, 2.75) is 73.0 Å². The van der Waals surface area contributed by atoms with E-state index in [1.165, 1.54) is 29.4 Å². The molecule has 2 aliphatic heterocycles. The number of carbonyl (C=O) groups is 1. The number of nitrogens with one attached hydrogen (secondary N) is 1. The molecule has 6 aromatic rings. The normalized spacial score (nSPS) is 23.2. The molecule has 1 spiro atoms. The first-order valence-electron chi connectivity index (χ1n) is 20.2. The Balaban J connectivity index is 1.17. The van der Waals surface area contributed by atoms with Crippen molar-refractivity contribution >= 4 is 33.1 Å². The van der Waals surface area contributed by atoms with Gasteiger partial charge in [-0.2, -0.15) is 21.6 Å². The van der Waals surface area contributed by atoms with Crippen LogP contribution in [0.3, 0.4) is 0 Å². The van der Waals surface area contributed by atoms with Gasteiger partial charge in [0.2, 0.25) is 0 Å². The van der Waals surface area contributed by atoms with Crippen molar-refractivity contribution in [3.8, 4) is 5.75 Å². The van der Waals surface area contributed by atoms with Crippen molar-refractivity contribution in [1.82, 2.24) is 19.5 Å². The minimum absolute atomic E-state index is 0.138. The lowest BCUT2D eigenvalue weighted by Gasteiger charge is -2.37. The zero-order valence-electron chi connectivity index (χ0n) is 34.0. The third kappa shape index (κ3) is 7.38. The number of hydrogen-bond acceptors (Lipinski definition) is 13. The van der Waals surface area contributed by atoms with Crippen LogP contribution < -0.4 is 10.1 Å². The van der Waals surface area contributed by atoms with Gasteiger partial charge in [-0.3, -0.25) is 8.75 Å². The van der Waals surface area contributed by atoms with E-state index in [0.29, 0.717) is 24.4 Å². The first kappa shape index (κ1) is 42.4. The lowest BCUT2D eigenvalue weighted by molar-refractivity contribution is -0.254. The van der Waals surface area contributed by atoms with Crippen LogP contribution in [0.25, 0.3) is 11.2 Å². The van der Waals surface area contributed by atoms with Crippen molar-refractivity contribution in [2.24, 2.45) is 0 Å². The summed E-state index contributed by atoms with van der Waals surface area (Å²) in [5, 5.41) is 3.72. The molecule has 0 amide bonds. The van der Waals surface area contributed by atoms with Crippen LogP contribution in [0.5, 0.6) is 5.75 Å². The molecule has 328 valence electrons. The molecular weight excluding hydrogens is 844 g/mol. The molecule has 4 heterocycles. The fourth-order valence-electron chi connectivity index (χ4n) is 9.06. The number of hydrogen-bond donors (Lipinski definition) is 1. The van der Waals surface area contributed by atoms with Crippen LogP contribution in [0.15, 0.2) is 128 Å². The highest BCUT2D eigenvalue weighted by Gasteiger charge is 2.73. The Morgan fingerprint density at radius 1 is 0.825 bits per heavy atom. The standard InChI is InChI=1S/C45H42F3N5O9S/c1-41-39(60-43(62-41)24-12-13-25-43)42(27-59-63(55,56)45(46,47)48,26-58-38(54)30-14-6-3-7-15-30)61-40(41)53-29-51-35-36(49-28-50-37(35)53)52-44(31-16-8-4-9-17-31,32-18-10-5-11-19-32)33-20-22-34(57-2)23-21-33/h3-11,14-23,28-29,39-40H,12-13,24-27H2,1-2H3,(H,49,50,52)/t39-,40+,41+,42-/m0/s1. The second kappa shape index (κ2) is 16.0. The molecule has 4 atom stereocenters. The maximum absolute atomic E-state index is 13.8. The average Bonchev–Trinajstić information content (AvgIpc) is 4.07. The first-order chi connectivity index (χ1) is 30.2. The van der Waals surface area contributed by atoms with Crippen molar-refractivity contribution in [3.05, 3.63) is 150 Å². The predicted octanol–water partition coefficient (Wildman–Crippen LogP) is 7.67. The van der Waals surface area contributed by atoms with E-state index < -0.39 is 69.7 Å². The van der Waals surface area contributed by atoms with E-state index in [2.05, 4.69) is 10.3 Å². The highest BCUT2D eigenvalue weighted by atomic mass is 32.2. The molecule has 1 saturated carbocycles. The quantitative estimate of drug-likeness (QED) is 0.0521. The van der Waals surface area contributed by atoms with Gasteiger partial charge in [-0.25, -0.2) is 19.7 Å². The van der Waals surface area contributed by atoms with Crippen molar-refractivity contribution in [2.75, 3.05) is 25.6 Å². The Bertz CT molecular complexity index is 2670. The molecule has 1 aliphatic carbocycles. The van der Waals surface area contributed by atoms with E-state index in [4.69, 9.17) is 37.8 Å². The summed E-state index contributed by atoms with van der Waals surface area (Å²) in [6, 6.07) is 35.1. The predicted molar refractivity (Wildman–Crippen MR) is 221 cm³/mol. The Morgan fingerprint density at radius 3 is 2.03 bits per heavy atom. The molecule has 3 aliphatic rings. The van der Waals surface area contributed by atoms with Gasteiger partial charge in [-0.15, -0.1) is 0 Å². The number of fused-ring (bicyclic) bond motifs is 2. The third-order valence-corrected chi connectivity index (χ3v) is 13.0. The Labute approximate surface area is 360 Å². The van der Waals surface area contributed by atoms with Crippen LogP contribution in [0, 0.1) is 0 Å². The van der Waals surface area contributed by atoms with Gasteiger partial charge < -0.3 is 29.0 Å². The summed E-state index contributed by atoms with van der Waals surface area (Å²) in [7, 11) is -4.57. The monoisotopic (exact) mass is 885 g/mol. The Hall–Kier alpha value is -5.92. The van der Waals surface area contributed by atoms with Gasteiger partial charge in [0.05, 0.1) is 19.0 Å². The number of benzene rings is 4. The van der Waals surface area contributed by atoms with Crippen LogP contribution in [0.2, 0.25) is 0 Å². The van der Waals surface area contributed by atoms with Crippen molar-refractivity contribution < 1.29 is 54.3 Å². The minimum Gasteiger partial charge on any atom is -0.497 e. The Morgan fingerprint density at radius 2 is 1.43 bits per heavy atom. The zero-order valence-corrected chi connectivity index (χ0v) is 34.8. The molecule has 2 saturated heterocycles. The fraction of sp³-hybridized carbons (Fsp3) is 0.333. The summed E-state index contributed by atoms with van der Waals surface area (Å²) < 4.78 is 104. The van der Waals surface area contributed by atoms with Crippen LogP contribution in [-0.2, 0) is 38.8 Å². The number of ether oxygens (including phenoxy) is 5. The number of carbonyl (C=O) groups excluding carboxylic acids is 1. The number of nitrogens with zero attached hydrogens (tertiary/aromatic N) is 4. The summed E-state index contributed by atoms with van der Waals surface area (Å²) >= 11 is 0. The van der Waals surface area contributed by atoms with Crippen LogP contribution >= 0.6 is 0 Å². The van der Waals surface area contributed by atoms with Crippen LogP contribution in [0.4, 0.5) is 19.0 Å². The number of halogens is 3. The van der Waals surface area contributed by atoms with Gasteiger partial charge in [0, 0.05) is 12.8 Å². The summed E-state index contributed by atoms with van der Waals surface area (Å²) in [5.74, 6) is -1.09. The summed E-state index contributed by atoms with van der Waals surface area (Å²) in [5.41, 5.74) is -7.38. The molecule has 1 N–H and O–H groups in total. The van der Waals surface area contributed by atoms with E-state index in [9.17, 15) is 26.4 Å². The molecule has 0 unspecified atom stereocenters. The average molecular weight is 886 g/mol. The molecule has 14 nitrogen and oxygen atoms in total. The second-order valence-electron chi connectivity index (χ2n) is 15.9. The van der Waals surface area contributed by atoms with E-state index in [0.717, 1.165) is 29.5 Å². The SMILES string of the molecule is COc1ccc(C(Nc2ncnc3c2ncn3[C@@H]2O[C@@](COC(=O)c3ccccc3)(COS(=O)(=O)C(F)(F)F)[C@H]3OC4(CCCC4)O[C@]32C)(c2ccccc2)c2ccccc2)cc1.